The van der Waals surface area contributed by atoms with Crippen molar-refractivity contribution in [1.82, 2.24) is 0 Å². The van der Waals surface area contributed by atoms with Crippen molar-refractivity contribution in [1.29, 1.82) is 0 Å². The van der Waals surface area contributed by atoms with Gasteiger partial charge in [0.2, 0.25) is 0 Å². The number of aliphatic hydroxyl groups excluding tert-OH is 3. The van der Waals surface area contributed by atoms with Gasteiger partial charge in [0.1, 0.15) is 18.3 Å². The summed E-state index contributed by atoms with van der Waals surface area (Å²) in [6.45, 7) is 8.18. The largest absolute Gasteiger partial charge is 0.390 e. The zero-order valence-electron chi connectivity index (χ0n) is 22.0. The van der Waals surface area contributed by atoms with Gasteiger partial charge in [-0.25, -0.2) is 0 Å². The molecule has 7 nitrogen and oxygen atoms in total. The van der Waals surface area contributed by atoms with Gasteiger partial charge in [-0.1, -0.05) is 25.5 Å². The molecule has 0 aromatic heterocycles. The standard InChI is InChI=1S/C28H46O7/c1-15-22(30)24(33-5)23(31)25(34-15)35-18-8-11-26(3)17(14-18)6-7-19-20(26)9-12-27(4)21(19)10-13-28(27,32)16(2)29/h6,15-16,18-25,29-32H,7-14H2,1-5H3/t15-,16+,18+,19-,20+,21+,22+,23-,24+,25+,26+,27+,28+/m1/s1. The Morgan fingerprint density at radius 2 is 1.77 bits per heavy atom. The third kappa shape index (κ3) is 3.79. The van der Waals surface area contributed by atoms with Crippen LogP contribution in [0.3, 0.4) is 0 Å². The molecule has 4 aliphatic carbocycles. The van der Waals surface area contributed by atoms with Crippen molar-refractivity contribution in [2.75, 3.05) is 7.11 Å². The van der Waals surface area contributed by atoms with E-state index in [4.69, 9.17) is 14.2 Å². The van der Waals surface area contributed by atoms with Crippen LogP contribution in [0.1, 0.15) is 79.1 Å². The SMILES string of the molecule is CO[C@H]1[C@@H](O)[C@@H](C)O[C@@H](O[C@H]2CC[C@@]3(C)C(=CC[C@@H]4[C@@H]3CC[C@@]3(C)[C@H]4CC[C@]3(O)[C@H](C)O)C2)[C@@H]1O. The molecule has 0 radical (unpaired) electrons. The van der Waals surface area contributed by atoms with E-state index in [2.05, 4.69) is 19.9 Å². The highest BCUT2D eigenvalue weighted by Crippen LogP contribution is 2.67. The molecule has 1 heterocycles. The van der Waals surface area contributed by atoms with Crippen LogP contribution in [0.25, 0.3) is 0 Å². The minimum absolute atomic E-state index is 0.0360. The summed E-state index contributed by atoms with van der Waals surface area (Å²) in [4.78, 5) is 0. The third-order valence-electron chi connectivity index (χ3n) is 11.3. The van der Waals surface area contributed by atoms with E-state index in [1.54, 1.807) is 13.8 Å². The molecule has 1 aliphatic heterocycles. The topological polar surface area (TPSA) is 109 Å². The van der Waals surface area contributed by atoms with Gasteiger partial charge in [0.15, 0.2) is 6.29 Å². The third-order valence-corrected chi connectivity index (χ3v) is 11.3. The minimum atomic E-state index is -1.03. The van der Waals surface area contributed by atoms with Crippen LogP contribution in [0.4, 0.5) is 0 Å². The second-order valence-electron chi connectivity index (χ2n) is 12.7. The summed E-state index contributed by atoms with van der Waals surface area (Å²) < 4.78 is 17.5. The zero-order valence-corrected chi connectivity index (χ0v) is 22.0. The minimum Gasteiger partial charge on any atom is -0.390 e. The van der Waals surface area contributed by atoms with E-state index < -0.39 is 42.4 Å². The van der Waals surface area contributed by atoms with Crippen molar-refractivity contribution in [3.8, 4) is 0 Å². The van der Waals surface area contributed by atoms with E-state index in [-0.39, 0.29) is 16.9 Å². The van der Waals surface area contributed by atoms with E-state index in [9.17, 15) is 20.4 Å². The van der Waals surface area contributed by atoms with Crippen LogP contribution in [0.5, 0.6) is 0 Å². The number of fused-ring (bicyclic) bond motifs is 5. The predicted octanol–water partition coefficient (Wildman–Crippen LogP) is 2.93. The monoisotopic (exact) mass is 494 g/mol. The fourth-order valence-corrected chi connectivity index (χ4v) is 9.06. The first-order valence-corrected chi connectivity index (χ1v) is 13.8. The summed E-state index contributed by atoms with van der Waals surface area (Å²) in [5.74, 6) is 1.57. The molecule has 35 heavy (non-hydrogen) atoms. The summed E-state index contributed by atoms with van der Waals surface area (Å²) in [5.41, 5.74) is 0.382. The molecule has 0 unspecified atom stereocenters. The highest BCUT2D eigenvalue weighted by atomic mass is 16.7. The van der Waals surface area contributed by atoms with Gasteiger partial charge in [-0.05, 0) is 88.4 Å². The molecule has 1 saturated heterocycles. The lowest BCUT2D eigenvalue weighted by Crippen LogP contribution is -2.59. The average Bonchev–Trinajstić information content (AvgIpc) is 3.10. The van der Waals surface area contributed by atoms with Crippen LogP contribution in [-0.2, 0) is 14.2 Å². The summed E-state index contributed by atoms with van der Waals surface area (Å²) in [7, 11) is 1.49. The lowest BCUT2D eigenvalue weighted by atomic mass is 9.46. The molecule has 0 bridgehead atoms. The van der Waals surface area contributed by atoms with Crippen molar-refractivity contribution in [2.45, 2.75) is 128 Å². The van der Waals surface area contributed by atoms with Gasteiger partial charge < -0.3 is 34.6 Å². The Balaban J connectivity index is 1.30. The first kappa shape index (κ1) is 26.1. The second kappa shape index (κ2) is 9.04. The smallest absolute Gasteiger partial charge is 0.186 e. The van der Waals surface area contributed by atoms with Gasteiger partial charge in [0.25, 0.3) is 0 Å². The van der Waals surface area contributed by atoms with Crippen molar-refractivity contribution >= 4 is 0 Å². The van der Waals surface area contributed by atoms with Crippen LogP contribution in [0, 0.1) is 28.6 Å². The maximum Gasteiger partial charge on any atom is 0.186 e. The Morgan fingerprint density at radius 1 is 1.06 bits per heavy atom. The summed E-state index contributed by atoms with van der Waals surface area (Å²) >= 11 is 0. The second-order valence-corrected chi connectivity index (χ2v) is 12.7. The van der Waals surface area contributed by atoms with Crippen LogP contribution in [-0.4, -0.2) is 76.1 Å². The van der Waals surface area contributed by atoms with Crippen LogP contribution < -0.4 is 0 Å². The fraction of sp³-hybridized carbons (Fsp3) is 0.929. The van der Waals surface area contributed by atoms with Crippen molar-refractivity contribution in [3.63, 3.8) is 0 Å². The van der Waals surface area contributed by atoms with Crippen LogP contribution in [0.15, 0.2) is 11.6 Å². The maximum atomic E-state index is 11.5. The van der Waals surface area contributed by atoms with E-state index in [0.29, 0.717) is 24.2 Å². The van der Waals surface area contributed by atoms with Gasteiger partial charge in [0, 0.05) is 12.5 Å². The molecular weight excluding hydrogens is 448 g/mol. The van der Waals surface area contributed by atoms with E-state index in [0.717, 1.165) is 44.9 Å². The summed E-state index contributed by atoms with van der Waals surface area (Å²) in [6.07, 6.45) is 5.29. The highest BCUT2D eigenvalue weighted by Gasteiger charge is 2.65. The fourth-order valence-electron chi connectivity index (χ4n) is 9.06. The molecule has 0 aromatic rings. The molecule has 5 aliphatic rings. The molecular formula is C28H46O7. The first-order chi connectivity index (χ1) is 16.5. The first-order valence-electron chi connectivity index (χ1n) is 13.8. The summed E-state index contributed by atoms with van der Waals surface area (Å²) in [6, 6.07) is 0. The molecule has 4 N–H and O–H groups in total. The number of aliphatic hydroxyl groups is 4. The Labute approximate surface area is 209 Å². The molecule has 0 amide bonds. The van der Waals surface area contributed by atoms with Gasteiger partial charge >= 0.3 is 0 Å². The van der Waals surface area contributed by atoms with Crippen LogP contribution >= 0.6 is 0 Å². The Hall–Kier alpha value is -0.540. The van der Waals surface area contributed by atoms with Gasteiger partial charge in [-0.3, -0.25) is 0 Å². The van der Waals surface area contributed by atoms with E-state index in [1.165, 1.54) is 12.7 Å². The highest BCUT2D eigenvalue weighted by molar-refractivity contribution is 5.26. The Kier molecular flexibility index (Phi) is 6.73. The van der Waals surface area contributed by atoms with Crippen molar-refractivity contribution < 1.29 is 34.6 Å². The van der Waals surface area contributed by atoms with Crippen molar-refractivity contribution in [2.24, 2.45) is 28.6 Å². The molecule has 5 rings (SSSR count). The normalized spacial score (nSPS) is 54.9. The Morgan fingerprint density at radius 3 is 2.46 bits per heavy atom. The van der Waals surface area contributed by atoms with E-state index >= 15 is 0 Å². The molecule has 3 saturated carbocycles. The average molecular weight is 495 g/mol. The number of allylic oxidation sites excluding steroid dienone is 1. The van der Waals surface area contributed by atoms with E-state index in [1.807, 2.05) is 0 Å². The number of rotatable bonds is 4. The van der Waals surface area contributed by atoms with Crippen molar-refractivity contribution in [3.05, 3.63) is 11.6 Å². The zero-order chi connectivity index (χ0) is 25.3. The van der Waals surface area contributed by atoms with Crippen LogP contribution in [0.2, 0.25) is 0 Å². The molecule has 0 spiro atoms. The number of hydrogen-bond donors (Lipinski definition) is 4. The number of methoxy groups -OCH3 is 1. The lowest BCUT2D eigenvalue weighted by molar-refractivity contribution is -0.309. The molecule has 0 aromatic carbocycles. The molecule has 7 heteroatoms. The predicted molar refractivity (Wildman–Crippen MR) is 130 cm³/mol. The molecule has 200 valence electrons. The molecule has 13 atom stereocenters. The number of ether oxygens (including phenoxy) is 3. The number of hydrogen-bond acceptors (Lipinski definition) is 7. The van der Waals surface area contributed by atoms with Gasteiger partial charge in [-0.15, -0.1) is 0 Å². The quantitative estimate of drug-likeness (QED) is 0.445. The lowest BCUT2D eigenvalue weighted by Gasteiger charge is -2.59. The van der Waals surface area contributed by atoms with Gasteiger partial charge in [0.05, 0.1) is 23.9 Å². The Bertz CT molecular complexity index is 830. The summed E-state index contributed by atoms with van der Waals surface area (Å²) in [5, 5.41) is 42.9. The maximum absolute atomic E-state index is 11.5. The van der Waals surface area contributed by atoms with Gasteiger partial charge in [-0.2, -0.15) is 0 Å². The molecule has 4 fully saturated rings.